The Hall–Kier alpha value is -1.99. The molecule has 0 aliphatic carbocycles. The fourth-order valence-electron chi connectivity index (χ4n) is 2.08. The van der Waals surface area contributed by atoms with Gasteiger partial charge in [-0.05, 0) is 19.9 Å². The lowest BCUT2D eigenvalue weighted by Crippen LogP contribution is -2.47. The molecular formula is C13H17N3O4. The van der Waals surface area contributed by atoms with Crippen molar-refractivity contribution in [3.05, 3.63) is 33.9 Å². The van der Waals surface area contributed by atoms with Crippen LogP contribution in [0.15, 0.2) is 18.2 Å². The summed E-state index contributed by atoms with van der Waals surface area (Å²) >= 11 is 0. The number of hydrogen-bond donors (Lipinski definition) is 2. The molecule has 0 spiro atoms. The molecule has 1 heterocycles. The minimum absolute atomic E-state index is 0.0278. The largest absolute Gasteiger partial charge is 0.379 e. The van der Waals surface area contributed by atoms with Gasteiger partial charge in [0, 0.05) is 23.4 Å². The number of ether oxygens (including phenoxy) is 1. The van der Waals surface area contributed by atoms with Gasteiger partial charge < -0.3 is 15.8 Å². The van der Waals surface area contributed by atoms with E-state index in [1.165, 1.54) is 6.07 Å². The predicted octanol–water partition coefficient (Wildman–Crippen LogP) is 1.21. The molecule has 1 amide bonds. The van der Waals surface area contributed by atoms with E-state index in [2.05, 4.69) is 5.32 Å². The third-order valence-electron chi connectivity index (χ3n) is 3.70. The van der Waals surface area contributed by atoms with Gasteiger partial charge in [-0.1, -0.05) is 6.07 Å². The number of aryl methyl sites for hydroxylation is 1. The molecule has 2 rings (SSSR count). The summed E-state index contributed by atoms with van der Waals surface area (Å²) in [7, 11) is 0. The molecule has 7 heteroatoms. The normalized spacial score (nSPS) is 25.4. The van der Waals surface area contributed by atoms with Crippen molar-refractivity contribution in [2.24, 2.45) is 11.1 Å². The van der Waals surface area contributed by atoms with Crippen LogP contribution in [0, 0.1) is 22.5 Å². The fourth-order valence-corrected chi connectivity index (χ4v) is 2.08. The van der Waals surface area contributed by atoms with Gasteiger partial charge >= 0.3 is 0 Å². The minimum Gasteiger partial charge on any atom is -0.379 e. The van der Waals surface area contributed by atoms with Gasteiger partial charge in [0.15, 0.2) is 0 Å². The molecular weight excluding hydrogens is 262 g/mol. The number of nitrogens with zero attached hydrogens (tertiary/aromatic N) is 1. The van der Waals surface area contributed by atoms with Gasteiger partial charge in [-0.15, -0.1) is 0 Å². The molecule has 3 N–H and O–H groups in total. The van der Waals surface area contributed by atoms with Crippen molar-refractivity contribution >= 4 is 17.3 Å². The Balaban J connectivity index is 2.20. The van der Waals surface area contributed by atoms with Crippen LogP contribution in [0.25, 0.3) is 0 Å². The highest BCUT2D eigenvalue weighted by molar-refractivity contribution is 5.96. The number of benzene rings is 1. The fraction of sp³-hybridized carbons (Fsp3) is 0.462. The van der Waals surface area contributed by atoms with E-state index in [0.717, 1.165) is 0 Å². The van der Waals surface area contributed by atoms with Crippen molar-refractivity contribution in [1.82, 2.24) is 0 Å². The van der Waals surface area contributed by atoms with Gasteiger partial charge in [0.25, 0.3) is 5.69 Å². The van der Waals surface area contributed by atoms with Gasteiger partial charge in [0.05, 0.1) is 23.6 Å². The highest BCUT2D eigenvalue weighted by atomic mass is 16.6. The Kier molecular flexibility index (Phi) is 3.74. The van der Waals surface area contributed by atoms with E-state index in [4.69, 9.17) is 10.5 Å². The number of nitro groups is 1. The van der Waals surface area contributed by atoms with Gasteiger partial charge in [-0.2, -0.15) is 0 Å². The van der Waals surface area contributed by atoms with Crippen LogP contribution in [-0.4, -0.2) is 30.1 Å². The first-order valence-corrected chi connectivity index (χ1v) is 6.24. The maximum absolute atomic E-state index is 12.3. The summed E-state index contributed by atoms with van der Waals surface area (Å²) in [5.74, 6) is -0.291. The summed E-state index contributed by atoms with van der Waals surface area (Å²) in [6.45, 7) is 3.94. The number of carbonyl (C=O) groups is 1. The highest BCUT2D eigenvalue weighted by Gasteiger charge is 2.44. The zero-order chi connectivity index (χ0) is 14.9. The second-order valence-corrected chi connectivity index (χ2v) is 5.25. The predicted molar refractivity (Wildman–Crippen MR) is 73.4 cm³/mol. The zero-order valence-electron chi connectivity index (χ0n) is 11.4. The topological polar surface area (TPSA) is 107 Å². The quantitative estimate of drug-likeness (QED) is 0.638. The van der Waals surface area contributed by atoms with Crippen LogP contribution < -0.4 is 11.1 Å². The Morgan fingerprint density at radius 1 is 1.60 bits per heavy atom. The van der Waals surface area contributed by atoms with Crippen molar-refractivity contribution in [3.63, 3.8) is 0 Å². The average molecular weight is 279 g/mol. The molecule has 108 valence electrons. The van der Waals surface area contributed by atoms with Crippen molar-refractivity contribution in [3.8, 4) is 0 Å². The van der Waals surface area contributed by atoms with Crippen molar-refractivity contribution in [1.29, 1.82) is 0 Å². The van der Waals surface area contributed by atoms with Crippen LogP contribution in [0.1, 0.15) is 12.5 Å². The highest BCUT2D eigenvalue weighted by Crippen LogP contribution is 2.30. The molecule has 2 unspecified atom stereocenters. The number of rotatable bonds is 3. The Labute approximate surface area is 116 Å². The third kappa shape index (κ3) is 2.50. The van der Waals surface area contributed by atoms with Crippen molar-refractivity contribution in [2.45, 2.75) is 19.9 Å². The van der Waals surface area contributed by atoms with Gasteiger partial charge in [0.2, 0.25) is 5.91 Å². The summed E-state index contributed by atoms with van der Waals surface area (Å²) in [5.41, 5.74) is 5.95. The monoisotopic (exact) mass is 279 g/mol. The number of anilines is 1. The number of nitrogens with one attached hydrogen (secondary N) is 1. The summed E-state index contributed by atoms with van der Waals surface area (Å²) in [5, 5.41) is 13.6. The van der Waals surface area contributed by atoms with Crippen LogP contribution >= 0.6 is 0 Å². The van der Waals surface area contributed by atoms with Crippen molar-refractivity contribution < 1.29 is 14.5 Å². The second-order valence-electron chi connectivity index (χ2n) is 5.25. The average Bonchev–Trinajstić information content (AvgIpc) is 2.73. The number of nitrogens with two attached hydrogens (primary N) is 1. The summed E-state index contributed by atoms with van der Waals surface area (Å²) in [4.78, 5) is 22.7. The van der Waals surface area contributed by atoms with E-state index in [0.29, 0.717) is 17.9 Å². The standard InChI is InChI=1S/C13H17N3O4/c1-8-3-4-9(5-10(8)16(18)19)15-12(17)13(2)7-20-6-11(13)14/h3-5,11H,6-7,14H2,1-2H3,(H,15,17). The smallest absolute Gasteiger partial charge is 0.274 e. The number of carbonyl (C=O) groups excluding carboxylic acids is 1. The van der Waals surface area contributed by atoms with Gasteiger partial charge in [0.1, 0.15) is 0 Å². The summed E-state index contributed by atoms with van der Waals surface area (Å²) < 4.78 is 5.22. The van der Waals surface area contributed by atoms with Gasteiger partial charge in [-0.25, -0.2) is 0 Å². The van der Waals surface area contributed by atoms with E-state index in [1.807, 2.05) is 0 Å². The molecule has 1 aromatic rings. The summed E-state index contributed by atoms with van der Waals surface area (Å²) in [6.07, 6.45) is 0. The van der Waals surface area contributed by atoms with Crippen molar-refractivity contribution in [2.75, 3.05) is 18.5 Å². The third-order valence-corrected chi connectivity index (χ3v) is 3.70. The molecule has 1 aromatic carbocycles. The lowest BCUT2D eigenvalue weighted by molar-refractivity contribution is -0.385. The molecule has 0 saturated carbocycles. The van der Waals surface area contributed by atoms with E-state index < -0.39 is 10.3 Å². The number of hydrogen-bond acceptors (Lipinski definition) is 5. The van der Waals surface area contributed by atoms with E-state index in [-0.39, 0.29) is 24.2 Å². The second kappa shape index (κ2) is 5.18. The minimum atomic E-state index is -0.820. The number of amides is 1. The number of nitro benzene ring substituents is 1. The molecule has 0 aromatic heterocycles. The van der Waals surface area contributed by atoms with Gasteiger partial charge in [-0.3, -0.25) is 14.9 Å². The van der Waals surface area contributed by atoms with E-state index in [9.17, 15) is 14.9 Å². The maximum Gasteiger partial charge on any atom is 0.274 e. The molecule has 1 saturated heterocycles. The SMILES string of the molecule is Cc1ccc(NC(=O)C2(C)COCC2N)cc1[N+](=O)[O-]. The van der Waals surface area contributed by atoms with Crippen LogP contribution in [0.3, 0.4) is 0 Å². The van der Waals surface area contributed by atoms with Crippen LogP contribution in [0.5, 0.6) is 0 Å². The van der Waals surface area contributed by atoms with Crippen LogP contribution in [0.2, 0.25) is 0 Å². The molecule has 0 bridgehead atoms. The maximum atomic E-state index is 12.3. The van der Waals surface area contributed by atoms with Crippen LogP contribution in [-0.2, 0) is 9.53 Å². The first kappa shape index (κ1) is 14.4. The Bertz CT molecular complexity index is 561. The molecule has 20 heavy (non-hydrogen) atoms. The lowest BCUT2D eigenvalue weighted by atomic mass is 9.85. The first-order chi connectivity index (χ1) is 9.34. The first-order valence-electron chi connectivity index (χ1n) is 6.24. The lowest BCUT2D eigenvalue weighted by Gasteiger charge is -2.25. The molecule has 7 nitrogen and oxygen atoms in total. The van der Waals surface area contributed by atoms with E-state index >= 15 is 0 Å². The van der Waals surface area contributed by atoms with Crippen LogP contribution in [0.4, 0.5) is 11.4 Å². The molecule has 1 aliphatic rings. The summed E-state index contributed by atoms with van der Waals surface area (Å²) in [6, 6.07) is 4.19. The molecule has 1 aliphatic heterocycles. The molecule has 1 fully saturated rings. The zero-order valence-corrected chi connectivity index (χ0v) is 11.4. The van der Waals surface area contributed by atoms with E-state index in [1.54, 1.807) is 26.0 Å². The Morgan fingerprint density at radius 2 is 2.30 bits per heavy atom. The Morgan fingerprint density at radius 3 is 2.85 bits per heavy atom. The molecule has 2 atom stereocenters. The molecule has 0 radical (unpaired) electrons.